The lowest BCUT2D eigenvalue weighted by molar-refractivity contribution is -0.129. The molecule has 110 valence electrons. The number of nitrogens with one attached hydrogen (secondary N) is 2. The maximum absolute atomic E-state index is 12.1. The monoisotopic (exact) mass is 296 g/mol. The number of ether oxygens (including phenoxy) is 1. The van der Waals surface area contributed by atoms with Gasteiger partial charge in [0.1, 0.15) is 6.10 Å². The third kappa shape index (κ3) is 3.51. The Morgan fingerprint density at radius 1 is 1.30 bits per heavy atom. The number of rotatable bonds is 2. The van der Waals surface area contributed by atoms with Crippen molar-refractivity contribution in [1.82, 2.24) is 5.32 Å². The van der Waals surface area contributed by atoms with Crippen LogP contribution in [0.25, 0.3) is 0 Å². The molecule has 0 spiro atoms. The first-order chi connectivity index (χ1) is 9.33. The molecular weight excluding hydrogens is 276 g/mol. The molecule has 2 heterocycles. The van der Waals surface area contributed by atoms with E-state index >= 15 is 0 Å². The number of hydrogen-bond acceptors (Lipinski definition) is 3. The van der Waals surface area contributed by atoms with Crippen LogP contribution in [0.15, 0.2) is 18.2 Å². The van der Waals surface area contributed by atoms with Gasteiger partial charge in [0.15, 0.2) is 0 Å². The van der Waals surface area contributed by atoms with E-state index in [-0.39, 0.29) is 24.4 Å². The van der Waals surface area contributed by atoms with Gasteiger partial charge in [0, 0.05) is 18.8 Å². The molecule has 4 nitrogen and oxygen atoms in total. The van der Waals surface area contributed by atoms with Crippen molar-refractivity contribution in [2.45, 2.75) is 38.3 Å². The second-order valence-electron chi connectivity index (χ2n) is 5.25. The molecule has 0 radical (unpaired) electrons. The Bertz CT molecular complexity index is 473. The van der Waals surface area contributed by atoms with Gasteiger partial charge in [-0.05, 0) is 55.5 Å². The molecule has 3 rings (SSSR count). The van der Waals surface area contributed by atoms with Crippen LogP contribution < -0.4 is 10.6 Å². The van der Waals surface area contributed by atoms with E-state index in [1.54, 1.807) is 0 Å². The minimum absolute atomic E-state index is 0. The zero-order chi connectivity index (χ0) is 13.1. The molecule has 0 aliphatic carbocycles. The summed E-state index contributed by atoms with van der Waals surface area (Å²) >= 11 is 0. The first-order valence-electron chi connectivity index (χ1n) is 7.08. The largest absolute Gasteiger partial charge is 0.368 e. The third-order valence-corrected chi connectivity index (χ3v) is 3.83. The fourth-order valence-corrected chi connectivity index (χ4v) is 2.73. The summed E-state index contributed by atoms with van der Waals surface area (Å²) in [5, 5.41) is 6.32. The molecule has 0 aromatic heterocycles. The summed E-state index contributed by atoms with van der Waals surface area (Å²) in [7, 11) is 0. The number of fused-ring (bicyclic) bond motifs is 1. The van der Waals surface area contributed by atoms with E-state index in [9.17, 15) is 4.79 Å². The van der Waals surface area contributed by atoms with E-state index in [2.05, 4.69) is 22.8 Å². The molecule has 1 aromatic carbocycles. The first kappa shape index (κ1) is 15.3. The molecule has 5 heteroatoms. The second kappa shape index (κ2) is 7.07. The zero-order valence-corrected chi connectivity index (χ0v) is 12.3. The van der Waals surface area contributed by atoms with E-state index in [1.807, 2.05) is 6.07 Å². The van der Waals surface area contributed by atoms with Crippen molar-refractivity contribution in [2.24, 2.45) is 0 Å². The van der Waals surface area contributed by atoms with Gasteiger partial charge in [-0.1, -0.05) is 6.07 Å². The predicted molar refractivity (Wildman–Crippen MR) is 81.3 cm³/mol. The van der Waals surface area contributed by atoms with Crippen LogP contribution >= 0.6 is 12.4 Å². The lowest BCUT2D eigenvalue weighted by Gasteiger charge is -2.22. The predicted octanol–water partition coefficient (Wildman–Crippen LogP) is 2.26. The normalized spacial score (nSPS) is 21.5. The number of hydrogen-bond donors (Lipinski definition) is 2. The Balaban J connectivity index is 0.00000147. The number of carbonyl (C=O) groups excluding carboxylic acids is 1. The number of carbonyl (C=O) groups is 1. The second-order valence-corrected chi connectivity index (χ2v) is 5.25. The minimum atomic E-state index is -0.275. The van der Waals surface area contributed by atoms with Crippen molar-refractivity contribution in [2.75, 3.05) is 18.5 Å². The van der Waals surface area contributed by atoms with Crippen LogP contribution in [-0.4, -0.2) is 25.2 Å². The topological polar surface area (TPSA) is 50.4 Å². The van der Waals surface area contributed by atoms with E-state index in [0.29, 0.717) is 6.61 Å². The molecule has 1 saturated heterocycles. The smallest absolute Gasteiger partial charge is 0.253 e. The fraction of sp³-hybridized carbons (Fsp3) is 0.533. The van der Waals surface area contributed by atoms with Crippen LogP contribution in [-0.2, 0) is 22.5 Å². The summed E-state index contributed by atoms with van der Waals surface area (Å²) in [6.45, 7) is 2.62. The number of benzene rings is 1. The molecule has 1 unspecified atom stereocenters. The third-order valence-electron chi connectivity index (χ3n) is 3.83. The van der Waals surface area contributed by atoms with Gasteiger partial charge in [0.2, 0.25) is 0 Å². The van der Waals surface area contributed by atoms with Crippen molar-refractivity contribution in [3.05, 3.63) is 29.3 Å². The maximum atomic E-state index is 12.1. The summed E-state index contributed by atoms with van der Waals surface area (Å²) in [5.41, 5.74) is 3.54. The fourth-order valence-electron chi connectivity index (χ4n) is 2.73. The summed E-state index contributed by atoms with van der Waals surface area (Å²) in [5.74, 6) is -0.0107. The average molecular weight is 297 g/mol. The van der Waals surface area contributed by atoms with E-state index in [4.69, 9.17) is 4.74 Å². The highest BCUT2D eigenvalue weighted by molar-refractivity contribution is 5.94. The summed E-state index contributed by atoms with van der Waals surface area (Å²) in [6, 6.07) is 6.18. The van der Waals surface area contributed by atoms with Crippen molar-refractivity contribution in [1.29, 1.82) is 0 Å². The minimum Gasteiger partial charge on any atom is -0.368 e. The maximum Gasteiger partial charge on any atom is 0.253 e. The van der Waals surface area contributed by atoms with Gasteiger partial charge in [-0.3, -0.25) is 4.79 Å². The van der Waals surface area contributed by atoms with Crippen molar-refractivity contribution in [3.63, 3.8) is 0 Å². The van der Waals surface area contributed by atoms with Crippen molar-refractivity contribution in [3.8, 4) is 0 Å². The molecular formula is C15H21ClN2O2. The van der Waals surface area contributed by atoms with Gasteiger partial charge < -0.3 is 15.4 Å². The SMILES string of the molecule is Cl.O=C(Nc1ccc2c(c1)CNCC2)C1CCCCO1. The highest BCUT2D eigenvalue weighted by atomic mass is 35.5. The molecule has 1 fully saturated rings. The Kier molecular flexibility index (Phi) is 5.40. The quantitative estimate of drug-likeness (QED) is 0.880. The molecule has 1 atom stereocenters. The molecule has 0 saturated carbocycles. The van der Waals surface area contributed by atoms with Crippen LogP contribution in [0.2, 0.25) is 0 Å². The molecule has 20 heavy (non-hydrogen) atoms. The Hall–Kier alpha value is -1.10. The molecule has 2 aliphatic heterocycles. The van der Waals surface area contributed by atoms with Crippen LogP contribution in [0.4, 0.5) is 5.69 Å². The molecule has 1 aromatic rings. The lowest BCUT2D eigenvalue weighted by Crippen LogP contribution is -2.33. The molecule has 0 bridgehead atoms. The number of halogens is 1. The highest BCUT2D eigenvalue weighted by Crippen LogP contribution is 2.20. The lowest BCUT2D eigenvalue weighted by atomic mass is 10.0. The molecule has 2 N–H and O–H groups in total. The van der Waals surface area contributed by atoms with Gasteiger partial charge >= 0.3 is 0 Å². The van der Waals surface area contributed by atoms with Crippen LogP contribution in [0, 0.1) is 0 Å². The van der Waals surface area contributed by atoms with Gasteiger partial charge in [0.25, 0.3) is 5.91 Å². The average Bonchev–Trinajstić information content (AvgIpc) is 2.48. The van der Waals surface area contributed by atoms with Crippen LogP contribution in [0.3, 0.4) is 0 Å². The van der Waals surface area contributed by atoms with E-state index in [1.165, 1.54) is 11.1 Å². The standard InChI is InChI=1S/C15H20N2O2.ClH/c18-15(14-3-1-2-8-19-14)17-13-5-4-11-6-7-16-10-12(11)9-13;/h4-5,9,14,16H,1-3,6-8,10H2,(H,17,18);1H. The Labute approximate surface area is 125 Å². The van der Waals surface area contributed by atoms with Gasteiger partial charge in [-0.25, -0.2) is 0 Å². The van der Waals surface area contributed by atoms with Crippen LogP contribution in [0.1, 0.15) is 30.4 Å². The van der Waals surface area contributed by atoms with Gasteiger partial charge in [0.05, 0.1) is 0 Å². The van der Waals surface area contributed by atoms with E-state index in [0.717, 1.165) is 44.5 Å². The molecule has 1 amide bonds. The van der Waals surface area contributed by atoms with Crippen LogP contribution in [0.5, 0.6) is 0 Å². The summed E-state index contributed by atoms with van der Waals surface area (Å²) < 4.78 is 5.50. The highest BCUT2D eigenvalue weighted by Gasteiger charge is 2.22. The Morgan fingerprint density at radius 2 is 2.20 bits per heavy atom. The summed E-state index contributed by atoms with van der Waals surface area (Å²) in [4.78, 5) is 12.1. The van der Waals surface area contributed by atoms with Gasteiger partial charge in [-0.2, -0.15) is 0 Å². The summed E-state index contributed by atoms with van der Waals surface area (Å²) in [6.07, 6.45) is 3.76. The van der Waals surface area contributed by atoms with E-state index < -0.39 is 0 Å². The number of amides is 1. The Morgan fingerprint density at radius 3 is 3.00 bits per heavy atom. The van der Waals surface area contributed by atoms with Gasteiger partial charge in [-0.15, -0.1) is 12.4 Å². The number of anilines is 1. The first-order valence-corrected chi connectivity index (χ1v) is 7.08. The molecule has 2 aliphatic rings. The van der Waals surface area contributed by atoms with Crippen molar-refractivity contribution >= 4 is 24.0 Å². The zero-order valence-electron chi connectivity index (χ0n) is 11.5. The van der Waals surface area contributed by atoms with Crippen molar-refractivity contribution < 1.29 is 9.53 Å².